The number of nitrogen functional groups attached to an aromatic ring is 1. The average Bonchev–Trinajstić information content (AvgIpc) is 2.78. The van der Waals surface area contributed by atoms with Gasteiger partial charge < -0.3 is 10.6 Å². The van der Waals surface area contributed by atoms with Crippen molar-refractivity contribution in [1.29, 1.82) is 0 Å². The van der Waals surface area contributed by atoms with Gasteiger partial charge in [0.2, 0.25) is 0 Å². The summed E-state index contributed by atoms with van der Waals surface area (Å²) in [6.07, 6.45) is -2.28. The first-order chi connectivity index (χ1) is 9.75. The van der Waals surface area contributed by atoms with E-state index in [-0.39, 0.29) is 11.4 Å². The predicted octanol–water partition coefficient (Wildman–Crippen LogP) is 2.68. The van der Waals surface area contributed by atoms with E-state index in [0.717, 1.165) is 4.90 Å². The summed E-state index contributed by atoms with van der Waals surface area (Å²) in [4.78, 5) is 13.4. The fourth-order valence-corrected chi connectivity index (χ4v) is 2.30. The second-order valence-corrected chi connectivity index (χ2v) is 4.78. The maximum Gasteiger partial charge on any atom is 0.406 e. The third-order valence-corrected chi connectivity index (χ3v) is 3.36. The molecule has 1 aromatic rings. The highest BCUT2D eigenvalue weighted by Gasteiger charge is 2.37. The van der Waals surface area contributed by atoms with Crippen LogP contribution in [0.3, 0.4) is 0 Å². The van der Waals surface area contributed by atoms with Crippen molar-refractivity contribution in [2.24, 2.45) is 0 Å². The van der Waals surface area contributed by atoms with Crippen molar-refractivity contribution < 1.29 is 18.0 Å². The van der Waals surface area contributed by atoms with Crippen LogP contribution in [0.1, 0.15) is 44.1 Å². The Kier molecular flexibility index (Phi) is 5.62. The van der Waals surface area contributed by atoms with Crippen LogP contribution >= 0.6 is 0 Å². The van der Waals surface area contributed by atoms with Crippen molar-refractivity contribution in [3.8, 4) is 0 Å². The van der Waals surface area contributed by atoms with E-state index < -0.39 is 24.7 Å². The van der Waals surface area contributed by atoms with Gasteiger partial charge in [0.15, 0.2) is 0 Å². The first-order valence-corrected chi connectivity index (χ1v) is 6.94. The van der Waals surface area contributed by atoms with Crippen molar-refractivity contribution in [1.82, 2.24) is 14.7 Å². The van der Waals surface area contributed by atoms with Gasteiger partial charge in [-0.15, -0.1) is 0 Å². The third kappa shape index (κ3) is 4.12. The molecule has 21 heavy (non-hydrogen) atoms. The second-order valence-electron chi connectivity index (χ2n) is 4.78. The minimum atomic E-state index is -4.45. The highest BCUT2D eigenvalue weighted by Crippen LogP contribution is 2.24. The average molecular weight is 306 g/mol. The van der Waals surface area contributed by atoms with E-state index in [9.17, 15) is 18.0 Å². The van der Waals surface area contributed by atoms with Gasteiger partial charge in [-0.2, -0.15) is 18.3 Å². The molecule has 2 N–H and O–H groups in total. The lowest BCUT2D eigenvalue weighted by molar-refractivity contribution is -0.145. The first-order valence-electron chi connectivity index (χ1n) is 6.94. The van der Waals surface area contributed by atoms with Crippen LogP contribution < -0.4 is 5.73 Å². The molecule has 0 spiro atoms. The number of anilines is 1. The lowest BCUT2D eigenvalue weighted by atomic mass is 10.1. The molecule has 8 heteroatoms. The fraction of sp³-hybridized carbons (Fsp3) is 0.692. The Morgan fingerprint density at radius 1 is 1.38 bits per heavy atom. The maximum atomic E-state index is 12.8. The Labute approximate surface area is 121 Å². The van der Waals surface area contributed by atoms with Crippen molar-refractivity contribution in [2.45, 2.75) is 52.4 Å². The summed E-state index contributed by atoms with van der Waals surface area (Å²) in [5.74, 6) is -0.724. The van der Waals surface area contributed by atoms with E-state index in [4.69, 9.17) is 5.73 Å². The van der Waals surface area contributed by atoms with Gasteiger partial charge in [-0.1, -0.05) is 13.8 Å². The molecule has 0 fully saturated rings. The third-order valence-electron chi connectivity index (χ3n) is 3.36. The number of carbonyl (C=O) groups is 1. The predicted molar refractivity (Wildman–Crippen MR) is 73.8 cm³/mol. The Balaban J connectivity index is 3.18. The van der Waals surface area contributed by atoms with Gasteiger partial charge in [-0.05, 0) is 19.8 Å². The van der Waals surface area contributed by atoms with Gasteiger partial charge in [-0.3, -0.25) is 9.48 Å². The van der Waals surface area contributed by atoms with Crippen LogP contribution in [0, 0.1) is 0 Å². The van der Waals surface area contributed by atoms with Crippen molar-refractivity contribution in [2.75, 3.05) is 12.3 Å². The van der Waals surface area contributed by atoms with Gasteiger partial charge in [0.25, 0.3) is 5.91 Å². The molecule has 1 amide bonds. The molecule has 0 aliphatic carbocycles. The SMILES string of the molecule is CCC(CC)N(CC(F)(F)F)C(=O)c1c(N)cnn1CC. The van der Waals surface area contributed by atoms with Crippen molar-refractivity contribution >= 4 is 11.6 Å². The van der Waals surface area contributed by atoms with Gasteiger partial charge in [0.05, 0.1) is 11.9 Å². The van der Waals surface area contributed by atoms with Crippen LogP contribution in [-0.4, -0.2) is 39.4 Å². The number of hydrogen-bond donors (Lipinski definition) is 1. The van der Waals surface area contributed by atoms with Crippen LogP contribution in [0.25, 0.3) is 0 Å². The largest absolute Gasteiger partial charge is 0.406 e. The van der Waals surface area contributed by atoms with Gasteiger partial charge >= 0.3 is 6.18 Å². The summed E-state index contributed by atoms with van der Waals surface area (Å²) in [6.45, 7) is 4.33. The number of halogens is 3. The van der Waals surface area contributed by atoms with Gasteiger partial charge in [0, 0.05) is 12.6 Å². The summed E-state index contributed by atoms with van der Waals surface area (Å²) in [6, 6.07) is -0.487. The molecule has 0 aliphatic rings. The van der Waals surface area contributed by atoms with E-state index in [1.165, 1.54) is 10.9 Å². The lowest BCUT2D eigenvalue weighted by Crippen LogP contribution is -2.46. The lowest BCUT2D eigenvalue weighted by Gasteiger charge is -2.31. The Morgan fingerprint density at radius 2 is 1.95 bits per heavy atom. The Bertz CT molecular complexity index is 480. The molecule has 0 saturated heterocycles. The minimum absolute atomic E-state index is 0.0219. The molecular weight excluding hydrogens is 285 g/mol. The summed E-state index contributed by atoms with van der Waals surface area (Å²) < 4.78 is 39.7. The summed E-state index contributed by atoms with van der Waals surface area (Å²) in [7, 11) is 0. The molecule has 0 bridgehead atoms. The number of aryl methyl sites for hydroxylation is 1. The minimum Gasteiger partial charge on any atom is -0.396 e. The molecule has 1 heterocycles. The van der Waals surface area contributed by atoms with Crippen molar-refractivity contribution in [3.63, 3.8) is 0 Å². The summed E-state index contributed by atoms with van der Waals surface area (Å²) >= 11 is 0. The van der Waals surface area contributed by atoms with Gasteiger partial charge in [-0.25, -0.2) is 0 Å². The number of alkyl halides is 3. The van der Waals surface area contributed by atoms with E-state index in [1.54, 1.807) is 20.8 Å². The fourth-order valence-electron chi connectivity index (χ4n) is 2.30. The first kappa shape index (κ1) is 17.3. The molecule has 0 saturated carbocycles. The van der Waals surface area contributed by atoms with Crippen LogP contribution in [0.4, 0.5) is 18.9 Å². The number of carbonyl (C=O) groups excluding carboxylic acids is 1. The molecule has 0 aromatic carbocycles. The molecule has 0 unspecified atom stereocenters. The highest BCUT2D eigenvalue weighted by atomic mass is 19.4. The van der Waals surface area contributed by atoms with E-state index in [1.807, 2.05) is 0 Å². The monoisotopic (exact) mass is 306 g/mol. The van der Waals surface area contributed by atoms with Gasteiger partial charge in [0.1, 0.15) is 12.2 Å². The normalized spacial score (nSPS) is 12.0. The number of rotatable bonds is 6. The molecule has 5 nitrogen and oxygen atoms in total. The van der Waals surface area contributed by atoms with Crippen LogP contribution in [0.15, 0.2) is 6.20 Å². The number of amides is 1. The quantitative estimate of drug-likeness (QED) is 0.879. The molecular formula is C13H21F3N4O. The Morgan fingerprint density at radius 3 is 2.38 bits per heavy atom. The molecule has 0 aliphatic heterocycles. The smallest absolute Gasteiger partial charge is 0.396 e. The molecule has 120 valence electrons. The zero-order chi connectivity index (χ0) is 16.2. The van der Waals surface area contributed by atoms with Crippen LogP contribution in [0.5, 0.6) is 0 Å². The van der Waals surface area contributed by atoms with E-state index in [2.05, 4.69) is 5.10 Å². The zero-order valence-electron chi connectivity index (χ0n) is 12.4. The van der Waals surface area contributed by atoms with Crippen LogP contribution in [0.2, 0.25) is 0 Å². The number of hydrogen-bond acceptors (Lipinski definition) is 3. The highest BCUT2D eigenvalue weighted by molar-refractivity contribution is 5.97. The second kappa shape index (κ2) is 6.82. The number of nitrogens with zero attached hydrogens (tertiary/aromatic N) is 3. The summed E-state index contributed by atoms with van der Waals surface area (Å²) in [5.41, 5.74) is 5.81. The van der Waals surface area contributed by atoms with E-state index >= 15 is 0 Å². The number of nitrogens with two attached hydrogens (primary N) is 1. The van der Waals surface area contributed by atoms with Crippen molar-refractivity contribution in [3.05, 3.63) is 11.9 Å². The zero-order valence-corrected chi connectivity index (χ0v) is 12.4. The molecule has 1 rings (SSSR count). The topological polar surface area (TPSA) is 64.2 Å². The van der Waals surface area contributed by atoms with Crippen LogP contribution in [-0.2, 0) is 6.54 Å². The molecule has 0 atom stereocenters. The Hall–Kier alpha value is -1.73. The van der Waals surface area contributed by atoms with E-state index in [0.29, 0.717) is 19.4 Å². The number of aromatic nitrogens is 2. The standard InChI is InChI=1S/C13H21F3N4O/c1-4-9(5-2)19(8-13(14,15)16)12(21)11-10(17)7-18-20(11)6-3/h7,9H,4-6,8,17H2,1-3H3. The maximum absolute atomic E-state index is 12.8. The summed E-state index contributed by atoms with van der Waals surface area (Å²) in [5, 5.41) is 3.91. The molecule has 0 radical (unpaired) electrons. The molecule has 1 aromatic heterocycles.